The smallest absolute Gasteiger partial charge is 0.243 e. The van der Waals surface area contributed by atoms with Crippen molar-refractivity contribution in [2.75, 3.05) is 33.3 Å². The van der Waals surface area contributed by atoms with Crippen molar-refractivity contribution in [1.82, 2.24) is 9.21 Å². The van der Waals surface area contributed by atoms with Gasteiger partial charge in [0.15, 0.2) is 0 Å². The number of amides is 1. The predicted octanol–water partition coefficient (Wildman–Crippen LogP) is 2.37. The van der Waals surface area contributed by atoms with E-state index < -0.39 is 10.0 Å². The molecule has 7 heteroatoms. The number of carbonyl (C=O) groups excluding carboxylic acids is 1. The number of hydrogen-bond acceptors (Lipinski definition) is 4. The number of aryl methyl sites for hydroxylation is 1. The summed E-state index contributed by atoms with van der Waals surface area (Å²) in [6.07, 6.45) is 0.644. The van der Waals surface area contributed by atoms with Gasteiger partial charge in [0.05, 0.1) is 12.0 Å². The van der Waals surface area contributed by atoms with E-state index in [1.807, 2.05) is 13.8 Å². The van der Waals surface area contributed by atoms with E-state index in [0.29, 0.717) is 48.8 Å². The van der Waals surface area contributed by atoms with Gasteiger partial charge >= 0.3 is 0 Å². The predicted molar refractivity (Wildman–Crippen MR) is 97.4 cm³/mol. The average Bonchev–Trinajstić information content (AvgIpc) is 2.80. The molecule has 0 unspecified atom stereocenters. The minimum Gasteiger partial charge on any atom is -0.496 e. The highest BCUT2D eigenvalue weighted by atomic mass is 32.2. The Morgan fingerprint density at radius 2 is 1.84 bits per heavy atom. The van der Waals surface area contributed by atoms with Gasteiger partial charge in [-0.05, 0) is 42.5 Å². The third-order valence-electron chi connectivity index (χ3n) is 4.67. The van der Waals surface area contributed by atoms with Gasteiger partial charge in [-0.3, -0.25) is 4.79 Å². The quantitative estimate of drug-likeness (QED) is 0.818. The van der Waals surface area contributed by atoms with Gasteiger partial charge < -0.3 is 9.64 Å². The zero-order chi connectivity index (χ0) is 18.8. The van der Waals surface area contributed by atoms with E-state index in [1.54, 1.807) is 31.1 Å². The molecule has 25 heavy (non-hydrogen) atoms. The second kappa shape index (κ2) is 7.74. The summed E-state index contributed by atoms with van der Waals surface area (Å²) in [5, 5.41) is 0. The summed E-state index contributed by atoms with van der Waals surface area (Å²) in [5.74, 6) is 0.855. The Morgan fingerprint density at radius 3 is 2.40 bits per heavy atom. The van der Waals surface area contributed by atoms with Crippen LogP contribution in [0.15, 0.2) is 17.0 Å². The summed E-state index contributed by atoms with van der Waals surface area (Å²) >= 11 is 0. The molecule has 140 valence electrons. The molecule has 0 radical (unpaired) electrons. The molecule has 2 rings (SSSR count). The number of nitrogens with zero attached hydrogens (tertiary/aromatic N) is 2. The van der Waals surface area contributed by atoms with Crippen LogP contribution in [0.5, 0.6) is 5.75 Å². The molecule has 1 aliphatic rings. The molecule has 0 bridgehead atoms. The fraction of sp³-hybridized carbons (Fsp3) is 0.611. The zero-order valence-electron chi connectivity index (χ0n) is 15.7. The molecule has 1 aliphatic heterocycles. The van der Waals surface area contributed by atoms with Crippen molar-refractivity contribution in [1.29, 1.82) is 0 Å². The Kier molecular flexibility index (Phi) is 6.11. The van der Waals surface area contributed by atoms with Crippen LogP contribution in [0.2, 0.25) is 0 Å². The van der Waals surface area contributed by atoms with Gasteiger partial charge in [-0.1, -0.05) is 13.8 Å². The minimum absolute atomic E-state index is 0.0121. The van der Waals surface area contributed by atoms with Gasteiger partial charge in [0.2, 0.25) is 15.9 Å². The average molecular weight is 368 g/mol. The number of carbonyl (C=O) groups is 1. The number of hydrogen-bond donors (Lipinski definition) is 0. The minimum atomic E-state index is -3.61. The molecule has 1 saturated heterocycles. The van der Waals surface area contributed by atoms with Crippen molar-refractivity contribution in [3.8, 4) is 5.75 Å². The van der Waals surface area contributed by atoms with Gasteiger partial charge in [-0.15, -0.1) is 0 Å². The van der Waals surface area contributed by atoms with E-state index in [9.17, 15) is 13.2 Å². The third-order valence-corrected chi connectivity index (χ3v) is 6.71. The first-order chi connectivity index (χ1) is 11.7. The molecule has 0 aromatic heterocycles. The highest BCUT2D eigenvalue weighted by Crippen LogP contribution is 2.33. The second-order valence-electron chi connectivity index (χ2n) is 6.78. The summed E-state index contributed by atoms with van der Waals surface area (Å²) in [4.78, 5) is 13.6. The molecule has 1 aromatic carbocycles. The molecule has 1 heterocycles. The molecule has 0 spiro atoms. The topological polar surface area (TPSA) is 66.9 Å². The summed E-state index contributed by atoms with van der Waals surface area (Å²) in [6.45, 7) is 9.12. The maximum atomic E-state index is 13.2. The normalized spacial score (nSPS) is 16.8. The van der Waals surface area contributed by atoms with E-state index in [4.69, 9.17) is 4.74 Å². The van der Waals surface area contributed by atoms with E-state index in [2.05, 4.69) is 0 Å². The van der Waals surface area contributed by atoms with Crippen LogP contribution in [0.25, 0.3) is 0 Å². The number of methoxy groups -OCH3 is 1. The summed E-state index contributed by atoms with van der Waals surface area (Å²) in [6, 6.07) is 3.53. The summed E-state index contributed by atoms with van der Waals surface area (Å²) in [7, 11) is -2.01. The van der Waals surface area contributed by atoms with E-state index in [1.165, 1.54) is 11.2 Å². The third kappa shape index (κ3) is 4.15. The highest BCUT2D eigenvalue weighted by molar-refractivity contribution is 7.89. The van der Waals surface area contributed by atoms with Gasteiger partial charge in [0.25, 0.3) is 0 Å². The number of ether oxygens (including phenoxy) is 1. The number of benzene rings is 1. The molecule has 1 aromatic rings. The maximum absolute atomic E-state index is 13.2. The lowest BCUT2D eigenvalue weighted by molar-refractivity contribution is -0.128. The molecule has 1 fully saturated rings. The van der Waals surface area contributed by atoms with Gasteiger partial charge in [0, 0.05) is 33.1 Å². The first kappa shape index (κ1) is 19.7. The SMILES string of the molecule is COc1cc(C)c(S(=O)(=O)N2CCCN(C(C)=O)CC2)cc1C(C)C. The van der Waals surface area contributed by atoms with Crippen LogP contribution < -0.4 is 4.74 Å². The first-order valence-corrected chi connectivity index (χ1v) is 10.1. The fourth-order valence-electron chi connectivity index (χ4n) is 3.17. The van der Waals surface area contributed by atoms with Crippen LogP contribution in [-0.4, -0.2) is 56.8 Å². The lowest BCUT2D eigenvalue weighted by Crippen LogP contribution is -2.36. The van der Waals surface area contributed by atoms with E-state index in [-0.39, 0.29) is 11.8 Å². The van der Waals surface area contributed by atoms with Gasteiger partial charge in [-0.25, -0.2) is 8.42 Å². The summed E-state index contributed by atoms with van der Waals surface area (Å²) in [5.41, 5.74) is 1.56. The van der Waals surface area contributed by atoms with Gasteiger partial charge in [0.1, 0.15) is 5.75 Å². The Labute approximate surface area is 150 Å². The molecule has 1 amide bonds. The lowest BCUT2D eigenvalue weighted by Gasteiger charge is -2.23. The zero-order valence-corrected chi connectivity index (χ0v) is 16.5. The second-order valence-corrected chi connectivity index (χ2v) is 8.68. The Balaban J connectivity index is 2.39. The van der Waals surface area contributed by atoms with Crippen molar-refractivity contribution in [3.63, 3.8) is 0 Å². The van der Waals surface area contributed by atoms with Crippen LogP contribution in [0.3, 0.4) is 0 Å². The fourth-order valence-corrected chi connectivity index (χ4v) is 4.88. The van der Waals surface area contributed by atoms with Crippen LogP contribution >= 0.6 is 0 Å². The number of rotatable bonds is 4. The van der Waals surface area contributed by atoms with Crippen LogP contribution in [-0.2, 0) is 14.8 Å². The van der Waals surface area contributed by atoms with Crippen molar-refractivity contribution < 1.29 is 17.9 Å². The Bertz CT molecular complexity index is 744. The van der Waals surface area contributed by atoms with E-state index >= 15 is 0 Å². The lowest BCUT2D eigenvalue weighted by atomic mass is 10.0. The van der Waals surface area contributed by atoms with Crippen LogP contribution in [0.4, 0.5) is 0 Å². The highest BCUT2D eigenvalue weighted by Gasteiger charge is 2.30. The van der Waals surface area contributed by atoms with Crippen molar-refractivity contribution in [2.45, 2.75) is 44.9 Å². The molecule has 0 aliphatic carbocycles. The molecular weight excluding hydrogens is 340 g/mol. The summed E-state index contributed by atoms with van der Waals surface area (Å²) < 4.78 is 33.3. The van der Waals surface area contributed by atoms with Crippen LogP contribution in [0.1, 0.15) is 44.2 Å². The Hall–Kier alpha value is -1.60. The number of sulfonamides is 1. The largest absolute Gasteiger partial charge is 0.496 e. The van der Waals surface area contributed by atoms with Crippen molar-refractivity contribution >= 4 is 15.9 Å². The standard InChI is InChI=1S/C18H28N2O4S/c1-13(2)16-12-18(14(3)11-17(16)24-5)25(22,23)20-8-6-7-19(9-10-20)15(4)21/h11-13H,6-10H2,1-5H3. The Morgan fingerprint density at radius 1 is 1.16 bits per heavy atom. The molecule has 0 N–H and O–H groups in total. The molecular formula is C18H28N2O4S. The van der Waals surface area contributed by atoms with Crippen molar-refractivity contribution in [3.05, 3.63) is 23.3 Å². The maximum Gasteiger partial charge on any atom is 0.243 e. The monoisotopic (exact) mass is 368 g/mol. The molecule has 6 nitrogen and oxygen atoms in total. The first-order valence-electron chi connectivity index (χ1n) is 8.62. The molecule has 0 atom stereocenters. The molecule has 0 saturated carbocycles. The van der Waals surface area contributed by atoms with E-state index in [0.717, 1.165) is 5.56 Å². The van der Waals surface area contributed by atoms with Crippen LogP contribution in [0, 0.1) is 6.92 Å². The van der Waals surface area contributed by atoms with Crippen molar-refractivity contribution in [2.24, 2.45) is 0 Å². The van der Waals surface area contributed by atoms with Gasteiger partial charge in [-0.2, -0.15) is 4.31 Å².